The highest BCUT2D eigenvalue weighted by Gasteiger charge is 2.28. The number of piperidine rings is 1. The SMILES string of the molecule is CCC1CCC(c2noc(COC3CCNCC3)n2)C1. The van der Waals surface area contributed by atoms with Crippen molar-refractivity contribution in [3.8, 4) is 0 Å². The molecule has 5 heteroatoms. The molecule has 2 fully saturated rings. The molecule has 1 N–H and O–H groups in total. The first-order valence-electron chi connectivity index (χ1n) is 8.00. The van der Waals surface area contributed by atoms with Crippen LogP contribution in [-0.2, 0) is 11.3 Å². The van der Waals surface area contributed by atoms with Crippen LogP contribution in [0.3, 0.4) is 0 Å². The van der Waals surface area contributed by atoms with Gasteiger partial charge in [-0.2, -0.15) is 4.98 Å². The minimum Gasteiger partial charge on any atom is -0.368 e. The Bertz CT molecular complexity index is 415. The predicted octanol–water partition coefficient (Wildman–Crippen LogP) is 2.63. The molecule has 1 aromatic rings. The molecule has 0 amide bonds. The fourth-order valence-corrected chi connectivity index (χ4v) is 3.32. The molecule has 2 heterocycles. The molecule has 1 aliphatic carbocycles. The Kier molecular flexibility index (Phi) is 4.68. The topological polar surface area (TPSA) is 60.2 Å². The smallest absolute Gasteiger partial charge is 0.252 e. The Morgan fingerprint density at radius 3 is 2.85 bits per heavy atom. The monoisotopic (exact) mass is 279 g/mol. The van der Waals surface area contributed by atoms with E-state index in [0.29, 0.717) is 24.5 Å². The van der Waals surface area contributed by atoms with Gasteiger partial charge in [0.05, 0.1) is 6.10 Å². The van der Waals surface area contributed by atoms with Crippen molar-refractivity contribution in [2.24, 2.45) is 5.92 Å². The van der Waals surface area contributed by atoms with Gasteiger partial charge < -0.3 is 14.6 Å². The summed E-state index contributed by atoms with van der Waals surface area (Å²) in [5.41, 5.74) is 0. The van der Waals surface area contributed by atoms with Crippen LogP contribution in [0.4, 0.5) is 0 Å². The zero-order valence-corrected chi connectivity index (χ0v) is 12.3. The van der Waals surface area contributed by atoms with E-state index in [1.54, 1.807) is 0 Å². The van der Waals surface area contributed by atoms with Crippen LogP contribution in [0.1, 0.15) is 63.1 Å². The lowest BCUT2D eigenvalue weighted by atomic mass is 10.0. The third-order valence-corrected chi connectivity index (χ3v) is 4.70. The van der Waals surface area contributed by atoms with E-state index in [4.69, 9.17) is 9.26 Å². The molecule has 2 aliphatic rings. The number of hydrogen-bond donors (Lipinski definition) is 1. The second kappa shape index (κ2) is 6.68. The van der Waals surface area contributed by atoms with Gasteiger partial charge in [-0.3, -0.25) is 0 Å². The average Bonchev–Trinajstić information content (AvgIpc) is 3.15. The van der Waals surface area contributed by atoms with E-state index in [-0.39, 0.29) is 0 Å². The minimum absolute atomic E-state index is 0.336. The lowest BCUT2D eigenvalue weighted by molar-refractivity contribution is 0.00859. The molecule has 0 radical (unpaired) electrons. The molecule has 2 atom stereocenters. The molecule has 20 heavy (non-hydrogen) atoms. The maximum Gasteiger partial charge on any atom is 0.252 e. The van der Waals surface area contributed by atoms with Gasteiger partial charge in [-0.1, -0.05) is 18.5 Å². The second-order valence-electron chi connectivity index (χ2n) is 6.09. The number of rotatable bonds is 5. The van der Waals surface area contributed by atoms with Crippen LogP contribution in [0, 0.1) is 5.92 Å². The maximum absolute atomic E-state index is 5.85. The van der Waals surface area contributed by atoms with Gasteiger partial charge in [0.25, 0.3) is 5.89 Å². The zero-order chi connectivity index (χ0) is 13.8. The van der Waals surface area contributed by atoms with E-state index in [1.807, 2.05) is 0 Å². The van der Waals surface area contributed by atoms with E-state index < -0.39 is 0 Å². The molecule has 0 spiro atoms. The number of ether oxygens (including phenoxy) is 1. The van der Waals surface area contributed by atoms with Crippen molar-refractivity contribution in [1.29, 1.82) is 0 Å². The summed E-state index contributed by atoms with van der Waals surface area (Å²) in [7, 11) is 0. The quantitative estimate of drug-likeness (QED) is 0.898. The van der Waals surface area contributed by atoms with E-state index >= 15 is 0 Å². The standard InChI is InChI=1S/C15H25N3O2/c1-2-11-3-4-12(9-11)15-17-14(20-18-15)10-19-13-5-7-16-8-6-13/h11-13,16H,2-10H2,1H3. The highest BCUT2D eigenvalue weighted by Crippen LogP contribution is 2.38. The highest BCUT2D eigenvalue weighted by molar-refractivity contribution is 4.99. The normalized spacial score (nSPS) is 28.1. The molecule has 1 saturated carbocycles. The van der Waals surface area contributed by atoms with Crippen molar-refractivity contribution in [3.63, 3.8) is 0 Å². The fourth-order valence-electron chi connectivity index (χ4n) is 3.32. The average molecular weight is 279 g/mol. The summed E-state index contributed by atoms with van der Waals surface area (Å²) in [5, 5.41) is 7.48. The van der Waals surface area contributed by atoms with Gasteiger partial charge in [0.2, 0.25) is 0 Å². The van der Waals surface area contributed by atoms with Crippen LogP contribution in [0.25, 0.3) is 0 Å². The number of hydrogen-bond acceptors (Lipinski definition) is 5. The van der Waals surface area contributed by atoms with E-state index in [1.165, 1.54) is 25.7 Å². The molecule has 0 aromatic carbocycles. The van der Waals surface area contributed by atoms with Gasteiger partial charge in [0.15, 0.2) is 5.82 Å². The van der Waals surface area contributed by atoms with Gasteiger partial charge >= 0.3 is 0 Å². The van der Waals surface area contributed by atoms with Crippen LogP contribution in [0.2, 0.25) is 0 Å². The Morgan fingerprint density at radius 2 is 2.10 bits per heavy atom. The summed E-state index contributed by atoms with van der Waals surface area (Å²) in [6, 6.07) is 0. The van der Waals surface area contributed by atoms with Crippen LogP contribution in [0.15, 0.2) is 4.52 Å². The molecule has 2 unspecified atom stereocenters. The summed E-state index contributed by atoms with van der Waals surface area (Å²) in [4.78, 5) is 4.53. The molecule has 0 bridgehead atoms. The number of aromatic nitrogens is 2. The molecular formula is C15H25N3O2. The predicted molar refractivity (Wildman–Crippen MR) is 75.4 cm³/mol. The third-order valence-electron chi connectivity index (χ3n) is 4.70. The Morgan fingerprint density at radius 1 is 1.25 bits per heavy atom. The van der Waals surface area contributed by atoms with E-state index in [2.05, 4.69) is 22.4 Å². The molecule has 112 valence electrons. The van der Waals surface area contributed by atoms with Gasteiger partial charge in [-0.15, -0.1) is 0 Å². The summed E-state index contributed by atoms with van der Waals surface area (Å²) >= 11 is 0. The number of nitrogens with one attached hydrogen (secondary N) is 1. The van der Waals surface area contributed by atoms with E-state index in [0.717, 1.165) is 37.7 Å². The maximum atomic E-state index is 5.85. The van der Waals surface area contributed by atoms with Crippen molar-refractivity contribution >= 4 is 0 Å². The Hall–Kier alpha value is -0.940. The molecule has 3 rings (SSSR count). The second-order valence-corrected chi connectivity index (χ2v) is 6.09. The van der Waals surface area contributed by atoms with Crippen molar-refractivity contribution < 1.29 is 9.26 Å². The summed E-state index contributed by atoms with van der Waals surface area (Å²) < 4.78 is 11.2. The zero-order valence-electron chi connectivity index (χ0n) is 12.3. The first kappa shape index (κ1) is 14.0. The lowest BCUT2D eigenvalue weighted by Gasteiger charge is -2.21. The first-order chi connectivity index (χ1) is 9.85. The molecule has 1 aromatic heterocycles. The Balaban J connectivity index is 1.49. The van der Waals surface area contributed by atoms with Crippen molar-refractivity contribution in [1.82, 2.24) is 15.5 Å². The van der Waals surface area contributed by atoms with Crippen molar-refractivity contribution in [2.75, 3.05) is 13.1 Å². The molecule has 1 saturated heterocycles. The first-order valence-corrected chi connectivity index (χ1v) is 8.00. The van der Waals surface area contributed by atoms with Crippen molar-refractivity contribution in [2.45, 2.75) is 64.1 Å². The van der Waals surface area contributed by atoms with Gasteiger partial charge in [0.1, 0.15) is 6.61 Å². The summed E-state index contributed by atoms with van der Waals surface area (Å²) in [5.74, 6) is 2.87. The minimum atomic E-state index is 0.336. The van der Waals surface area contributed by atoms with Gasteiger partial charge in [-0.05, 0) is 51.1 Å². The molecule has 5 nitrogen and oxygen atoms in total. The van der Waals surface area contributed by atoms with Gasteiger partial charge in [0, 0.05) is 5.92 Å². The van der Waals surface area contributed by atoms with Crippen molar-refractivity contribution in [3.05, 3.63) is 11.7 Å². The number of nitrogens with zero attached hydrogens (tertiary/aromatic N) is 2. The van der Waals surface area contributed by atoms with Gasteiger partial charge in [-0.25, -0.2) is 0 Å². The third kappa shape index (κ3) is 3.38. The largest absolute Gasteiger partial charge is 0.368 e. The fraction of sp³-hybridized carbons (Fsp3) is 0.867. The molecular weight excluding hydrogens is 254 g/mol. The summed E-state index contributed by atoms with van der Waals surface area (Å²) in [6.07, 6.45) is 7.46. The van der Waals surface area contributed by atoms with Crippen LogP contribution >= 0.6 is 0 Å². The van der Waals surface area contributed by atoms with Crippen LogP contribution in [0.5, 0.6) is 0 Å². The molecule has 1 aliphatic heterocycles. The van der Waals surface area contributed by atoms with Crippen LogP contribution < -0.4 is 5.32 Å². The van der Waals surface area contributed by atoms with Crippen LogP contribution in [-0.4, -0.2) is 29.3 Å². The summed E-state index contributed by atoms with van der Waals surface area (Å²) in [6.45, 7) is 4.81. The lowest BCUT2D eigenvalue weighted by Crippen LogP contribution is -2.32. The Labute approximate surface area is 120 Å². The highest BCUT2D eigenvalue weighted by atomic mass is 16.5. The van der Waals surface area contributed by atoms with E-state index in [9.17, 15) is 0 Å².